The van der Waals surface area contributed by atoms with Gasteiger partial charge in [-0.05, 0) is 31.4 Å². The van der Waals surface area contributed by atoms with Gasteiger partial charge in [-0.2, -0.15) is 0 Å². The van der Waals surface area contributed by atoms with Crippen LogP contribution in [0.25, 0.3) is 0 Å². The number of hydrogen-bond donors (Lipinski definition) is 2. The molecule has 0 aliphatic carbocycles. The number of carbonyl (C=O) groups excluding carboxylic acids is 1. The SMILES string of the molecule is CCOC(=O)N1CCC(NC(N)=NCc2ccnc(OC3CCOC3)c2)CC1. The zero-order valence-corrected chi connectivity index (χ0v) is 16.3. The summed E-state index contributed by atoms with van der Waals surface area (Å²) in [5.41, 5.74) is 7.01. The fourth-order valence-corrected chi connectivity index (χ4v) is 3.24. The molecule has 9 heteroatoms. The van der Waals surface area contributed by atoms with E-state index in [4.69, 9.17) is 19.9 Å². The van der Waals surface area contributed by atoms with Crippen LogP contribution in [-0.2, 0) is 16.0 Å². The van der Waals surface area contributed by atoms with E-state index in [1.54, 1.807) is 11.1 Å². The highest BCUT2D eigenvalue weighted by molar-refractivity contribution is 5.78. The highest BCUT2D eigenvalue weighted by Crippen LogP contribution is 2.16. The van der Waals surface area contributed by atoms with Crippen LogP contribution in [0.3, 0.4) is 0 Å². The van der Waals surface area contributed by atoms with Crippen molar-refractivity contribution in [2.24, 2.45) is 10.7 Å². The van der Waals surface area contributed by atoms with Crippen LogP contribution in [0.4, 0.5) is 4.79 Å². The molecule has 3 rings (SSSR count). The predicted octanol–water partition coefficient (Wildman–Crippen LogP) is 1.27. The van der Waals surface area contributed by atoms with Gasteiger partial charge in [0.1, 0.15) is 6.10 Å². The van der Waals surface area contributed by atoms with Crippen LogP contribution in [0, 0.1) is 0 Å². The average Bonchev–Trinajstić information content (AvgIpc) is 3.20. The Bertz CT molecular complexity index is 670. The molecule has 1 aromatic heterocycles. The van der Waals surface area contributed by atoms with E-state index in [2.05, 4.69) is 15.3 Å². The average molecular weight is 391 g/mol. The number of pyridine rings is 1. The molecule has 1 atom stereocenters. The van der Waals surface area contributed by atoms with Crippen molar-refractivity contribution in [2.75, 3.05) is 32.9 Å². The topological polar surface area (TPSA) is 111 Å². The third-order valence-electron chi connectivity index (χ3n) is 4.78. The summed E-state index contributed by atoms with van der Waals surface area (Å²) in [6.45, 7) is 5.29. The maximum Gasteiger partial charge on any atom is 0.409 e. The first kappa shape index (κ1) is 20.2. The zero-order valence-electron chi connectivity index (χ0n) is 16.3. The minimum Gasteiger partial charge on any atom is -0.472 e. The Morgan fingerprint density at radius 1 is 1.43 bits per heavy atom. The van der Waals surface area contributed by atoms with Crippen LogP contribution in [0.15, 0.2) is 23.3 Å². The van der Waals surface area contributed by atoms with E-state index >= 15 is 0 Å². The van der Waals surface area contributed by atoms with Crippen LogP contribution in [0.1, 0.15) is 31.7 Å². The Morgan fingerprint density at radius 2 is 2.25 bits per heavy atom. The van der Waals surface area contributed by atoms with Crippen molar-refractivity contribution < 1.29 is 19.0 Å². The second-order valence-electron chi connectivity index (χ2n) is 6.91. The lowest BCUT2D eigenvalue weighted by atomic mass is 10.1. The molecular weight excluding hydrogens is 362 g/mol. The number of likely N-dealkylation sites (tertiary alicyclic amines) is 1. The first-order chi connectivity index (χ1) is 13.6. The van der Waals surface area contributed by atoms with Crippen molar-refractivity contribution in [3.05, 3.63) is 23.9 Å². The van der Waals surface area contributed by atoms with Gasteiger partial charge < -0.3 is 30.2 Å². The van der Waals surface area contributed by atoms with E-state index in [1.165, 1.54) is 0 Å². The molecule has 2 saturated heterocycles. The lowest BCUT2D eigenvalue weighted by Crippen LogP contribution is -2.48. The summed E-state index contributed by atoms with van der Waals surface area (Å²) in [6.07, 6.45) is 4.04. The smallest absolute Gasteiger partial charge is 0.409 e. The number of aliphatic imine (C=N–C) groups is 1. The molecule has 154 valence electrons. The van der Waals surface area contributed by atoms with E-state index in [-0.39, 0.29) is 18.2 Å². The fourth-order valence-electron chi connectivity index (χ4n) is 3.24. The molecule has 1 amide bonds. The van der Waals surface area contributed by atoms with Crippen molar-refractivity contribution in [1.29, 1.82) is 0 Å². The molecule has 2 aliphatic heterocycles. The predicted molar refractivity (Wildman–Crippen MR) is 104 cm³/mol. The van der Waals surface area contributed by atoms with Crippen LogP contribution in [0.5, 0.6) is 5.88 Å². The zero-order chi connectivity index (χ0) is 19.8. The first-order valence-electron chi connectivity index (χ1n) is 9.81. The minimum atomic E-state index is -0.248. The Balaban J connectivity index is 1.44. The Hall–Kier alpha value is -2.55. The third kappa shape index (κ3) is 5.98. The summed E-state index contributed by atoms with van der Waals surface area (Å²) in [7, 11) is 0. The number of hydrogen-bond acceptors (Lipinski definition) is 6. The fraction of sp³-hybridized carbons (Fsp3) is 0.632. The summed E-state index contributed by atoms with van der Waals surface area (Å²) in [5.74, 6) is 0.985. The third-order valence-corrected chi connectivity index (χ3v) is 4.78. The van der Waals surface area contributed by atoms with Crippen LogP contribution >= 0.6 is 0 Å². The van der Waals surface area contributed by atoms with Crippen molar-refractivity contribution in [2.45, 2.75) is 44.9 Å². The summed E-state index contributed by atoms with van der Waals surface area (Å²) in [4.78, 5) is 22.1. The summed E-state index contributed by atoms with van der Waals surface area (Å²) in [5, 5.41) is 3.24. The number of ether oxygens (including phenoxy) is 3. The number of nitrogens with one attached hydrogen (secondary N) is 1. The van der Waals surface area contributed by atoms with Crippen LogP contribution in [-0.4, -0.2) is 67.0 Å². The Kier molecular flexibility index (Phi) is 7.30. The molecule has 1 aromatic rings. The largest absolute Gasteiger partial charge is 0.472 e. The van der Waals surface area contributed by atoms with Crippen molar-refractivity contribution >= 4 is 12.1 Å². The van der Waals surface area contributed by atoms with Crippen LogP contribution < -0.4 is 15.8 Å². The molecule has 0 bridgehead atoms. The van der Waals surface area contributed by atoms with Gasteiger partial charge in [-0.15, -0.1) is 0 Å². The lowest BCUT2D eigenvalue weighted by Gasteiger charge is -2.31. The maximum atomic E-state index is 11.7. The summed E-state index contributed by atoms with van der Waals surface area (Å²) < 4.78 is 16.2. The van der Waals surface area contributed by atoms with E-state index in [1.807, 2.05) is 19.1 Å². The quantitative estimate of drug-likeness (QED) is 0.555. The molecule has 3 N–H and O–H groups in total. The van der Waals surface area contributed by atoms with Gasteiger partial charge in [-0.25, -0.2) is 14.8 Å². The summed E-state index contributed by atoms with van der Waals surface area (Å²) >= 11 is 0. The Morgan fingerprint density at radius 3 is 2.96 bits per heavy atom. The lowest BCUT2D eigenvalue weighted by molar-refractivity contribution is 0.0963. The van der Waals surface area contributed by atoms with Crippen molar-refractivity contribution in [1.82, 2.24) is 15.2 Å². The van der Waals surface area contributed by atoms with Gasteiger partial charge in [0.2, 0.25) is 5.88 Å². The van der Waals surface area contributed by atoms with Crippen molar-refractivity contribution in [3.8, 4) is 5.88 Å². The number of rotatable bonds is 6. The Labute approximate surface area is 165 Å². The number of carbonyl (C=O) groups is 1. The molecule has 1 unspecified atom stereocenters. The van der Waals surface area contributed by atoms with Gasteiger partial charge in [0.05, 0.1) is 26.4 Å². The van der Waals surface area contributed by atoms with Gasteiger partial charge >= 0.3 is 6.09 Å². The standard InChI is InChI=1S/C19H29N5O4/c1-2-27-19(25)24-8-4-15(5-9-24)23-18(20)22-12-14-3-7-21-17(11-14)28-16-6-10-26-13-16/h3,7,11,15-16H,2,4-6,8-10,12-13H2,1H3,(H3,20,22,23). The number of nitrogens with zero attached hydrogens (tertiary/aromatic N) is 3. The van der Waals surface area contributed by atoms with Gasteiger partial charge in [-0.1, -0.05) is 0 Å². The first-order valence-corrected chi connectivity index (χ1v) is 9.81. The molecule has 0 aromatic carbocycles. The van der Waals surface area contributed by atoms with Gasteiger partial charge in [0, 0.05) is 37.8 Å². The number of nitrogens with two attached hydrogens (primary N) is 1. The molecule has 3 heterocycles. The monoisotopic (exact) mass is 391 g/mol. The maximum absolute atomic E-state index is 11.7. The van der Waals surface area contributed by atoms with Gasteiger partial charge in [-0.3, -0.25) is 0 Å². The molecule has 2 fully saturated rings. The van der Waals surface area contributed by atoms with Gasteiger partial charge in [0.15, 0.2) is 5.96 Å². The number of amides is 1. The molecule has 9 nitrogen and oxygen atoms in total. The summed E-state index contributed by atoms with van der Waals surface area (Å²) in [6, 6.07) is 3.98. The minimum absolute atomic E-state index is 0.0680. The number of piperidine rings is 1. The molecule has 2 aliphatic rings. The molecule has 28 heavy (non-hydrogen) atoms. The van der Waals surface area contributed by atoms with E-state index in [0.29, 0.717) is 44.7 Å². The number of guanidine groups is 1. The molecule has 0 spiro atoms. The second-order valence-corrected chi connectivity index (χ2v) is 6.91. The molecular formula is C19H29N5O4. The molecule has 0 saturated carbocycles. The van der Waals surface area contributed by atoms with Gasteiger partial charge in [0.25, 0.3) is 0 Å². The van der Waals surface area contributed by atoms with E-state index in [0.717, 1.165) is 31.4 Å². The molecule has 0 radical (unpaired) electrons. The van der Waals surface area contributed by atoms with Crippen molar-refractivity contribution in [3.63, 3.8) is 0 Å². The van der Waals surface area contributed by atoms with E-state index in [9.17, 15) is 4.79 Å². The highest BCUT2D eigenvalue weighted by Gasteiger charge is 2.23. The number of aromatic nitrogens is 1. The van der Waals surface area contributed by atoms with E-state index < -0.39 is 0 Å². The van der Waals surface area contributed by atoms with Crippen LogP contribution in [0.2, 0.25) is 0 Å². The normalized spacial score (nSPS) is 20.8. The second kappa shape index (κ2) is 10.1. The highest BCUT2D eigenvalue weighted by atomic mass is 16.6.